The van der Waals surface area contributed by atoms with E-state index < -0.39 is 23.2 Å². The van der Waals surface area contributed by atoms with Crippen LogP contribution in [-0.4, -0.2) is 15.7 Å². The van der Waals surface area contributed by atoms with Crippen molar-refractivity contribution in [2.75, 3.05) is 5.32 Å². The molecule has 0 aliphatic carbocycles. The lowest BCUT2D eigenvalue weighted by atomic mass is 10.1. The minimum atomic E-state index is -4.49. The summed E-state index contributed by atoms with van der Waals surface area (Å²) in [5.74, 6) is -0.480. The second-order valence-corrected chi connectivity index (χ2v) is 7.59. The van der Waals surface area contributed by atoms with Gasteiger partial charge in [0.25, 0.3) is 11.5 Å². The van der Waals surface area contributed by atoms with E-state index >= 15 is 0 Å². The number of aromatic nitrogens is 2. The molecule has 0 spiro atoms. The molecule has 0 aliphatic heterocycles. The van der Waals surface area contributed by atoms with Crippen LogP contribution < -0.4 is 16.6 Å². The number of nitrogens with zero attached hydrogens (tertiary/aromatic N) is 2. The van der Waals surface area contributed by atoms with Gasteiger partial charge in [-0.1, -0.05) is 23.7 Å². The van der Waals surface area contributed by atoms with Crippen LogP contribution in [-0.2, 0) is 12.7 Å². The number of hydrogen-bond donors (Lipinski definition) is 2. The van der Waals surface area contributed by atoms with Crippen molar-refractivity contribution in [3.8, 4) is 5.69 Å². The number of carbonyl (C=O) groups is 1. The molecule has 1 heterocycles. The van der Waals surface area contributed by atoms with Crippen molar-refractivity contribution in [2.24, 2.45) is 5.73 Å². The lowest BCUT2D eigenvalue weighted by Crippen LogP contribution is -2.21. The number of amides is 1. The first-order chi connectivity index (χ1) is 15.7. The zero-order valence-corrected chi connectivity index (χ0v) is 17.6. The van der Waals surface area contributed by atoms with Crippen molar-refractivity contribution >= 4 is 34.0 Å². The third kappa shape index (κ3) is 4.59. The number of nitrogens with two attached hydrogens (primary N) is 1. The Bertz CT molecular complexity index is 1420. The Balaban J connectivity index is 1.68. The molecule has 4 rings (SSSR count). The van der Waals surface area contributed by atoms with Crippen LogP contribution in [0.4, 0.5) is 18.9 Å². The van der Waals surface area contributed by atoms with Crippen molar-refractivity contribution in [1.29, 1.82) is 0 Å². The standard InChI is InChI=1S/C23H16ClF3N4O2/c24-20-8-1-13(11-28)9-19(20)21(32)30-16-5-2-14-12-29-31(22(33)18(14)10-16)17-6-3-15(4-7-17)23(25,26)27/h1-10,12H,11,28H2,(H,30,32). The van der Waals surface area contributed by atoms with Crippen LogP contribution in [0.15, 0.2) is 71.7 Å². The normalized spacial score (nSPS) is 11.5. The van der Waals surface area contributed by atoms with E-state index in [1.807, 2.05) is 0 Å². The van der Waals surface area contributed by atoms with Crippen molar-refractivity contribution in [1.82, 2.24) is 9.78 Å². The number of benzene rings is 3. The zero-order valence-electron chi connectivity index (χ0n) is 16.9. The molecule has 168 valence electrons. The molecular formula is C23H16ClF3N4O2. The lowest BCUT2D eigenvalue weighted by Gasteiger charge is -2.11. The fraction of sp³-hybridized carbons (Fsp3) is 0.0870. The van der Waals surface area contributed by atoms with Gasteiger partial charge in [-0.2, -0.15) is 23.0 Å². The summed E-state index contributed by atoms with van der Waals surface area (Å²) in [6.07, 6.45) is -3.07. The first-order valence-corrected chi connectivity index (χ1v) is 10.0. The van der Waals surface area contributed by atoms with Gasteiger partial charge in [0.1, 0.15) is 0 Å². The van der Waals surface area contributed by atoms with Crippen molar-refractivity contribution in [2.45, 2.75) is 12.7 Å². The van der Waals surface area contributed by atoms with Crippen LogP contribution in [0.3, 0.4) is 0 Å². The fourth-order valence-corrected chi connectivity index (χ4v) is 3.47. The highest BCUT2D eigenvalue weighted by Crippen LogP contribution is 2.29. The molecule has 3 aromatic carbocycles. The van der Waals surface area contributed by atoms with E-state index in [0.717, 1.165) is 22.4 Å². The molecule has 33 heavy (non-hydrogen) atoms. The maximum atomic E-state index is 13.0. The van der Waals surface area contributed by atoms with Gasteiger partial charge in [-0.05, 0) is 54.1 Å². The quantitative estimate of drug-likeness (QED) is 0.448. The molecule has 0 atom stereocenters. The molecule has 4 aromatic rings. The average Bonchev–Trinajstić information content (AvgIpc) is 2.79. The number of anilines is 1. The van der Waals surface area contributed by atoms with Gasteiger partial charge in [-0.15, -0.1) is 0 Å². The van der Waals surface area contributed by atoms with Gasteiger partial charge < -0.3 is 11.1 Å². The first kappa shape index (κ1) is 22.5. The number of carbonyl (C=O) groups excluding carboxylic acids is 1. The van der Waals surface area contributed by atoms with Gasteiger partial charge in [-0.25, -0.2) is 0 Å². The molecule has 0 unspecified atom stereocenters. The summed E-state index contributed by atoms with van der Waals surface area (Å²) < 4.78 is 39.4. The second-order valence-electron chi connectivity index (χ2n) is 7.18. The summed E-state index contributed by atoms with van der Waals surface area (Å²) >= 11 is 6.13. The smallest absolute Gasteiger partial charge is 0.326 e. The molecule has 0 aliphatic rings. The predicted octanol–water partition coefficient (Wildman–Crippen LogP) is 4.77. The number of halogens is 4. The number of fused-ring (bicyclic) bond motifs is 1. The monoisotopic (exact) mass is 472 g/mol. The van der Waals surface area contributed by atoms with E-state index in [1.54, 1.807) is 30.3 Å². The Hall–Kier alpha value is -3.69. The molecule has 1 amide bonds. The van der Waals surface area contributed by atoms with Crippen LogP contribution in [0, 0.1) is 0 Å². The summed E-state index contributed by atoms with van der Waals surface area (Å²) in [7, 11) is 0. The van der Waals surface area contributed by atoms with Crippen molar-refractivity contribution in [3.63, 3.8) is 0 Å². The molecule has 0 radical (unpaired) electrons. The van der Waals surface area contributed by atoms with Crippen LogP contribution >= 0.6 is 11.6 Å². The van der Waals surface area contributed by atoms with E-state index in [-0.39, 0.29) is 28.2 Å². The van der Waals surface area contributed by atoms with Gasteiger partial charge in [-0.3, -0.25) is 9.59 Å². The number of hydrogen-bond acceptors (Lipinski definition) is 4. The van der Waals surface area contributed by atoms with E-state index in [1.165, 1.54) is 24.4 Å². The number of alkyl halides is 3. The van der Waals surface area contributed by atoms with Crippen LogP contribution in [0.1, 0.15) is 21.5 Å². The Morgan fingerprint density at radius 3 is 2.45 bits per heavy atom. The molecule has 0 saturated carbocycles. The fourth-order valence-electron chi connectivity index (χ4n) is 3.27. The molecule has 0 bridgehead atoms. The molecule has 1 aromatic heterocycles. The largest absolute Gasteiger partial charge is 0.416 e. The maximum absolute atomic E-state index is 13.0. The maximum Gasteiger partial charge on any atom is 0.416 e. The minimum Gasteiger partial charge on any atom is -0.326 e. The van der Waals surface area contributed by atoms with Crippen LogP contribution in [0.5, 0.6) is 0 Å². The van der Waals surface area contributed by atoms with Gasteiger partial charge in [0, 0.05) is 17.6 Å². The van der Waals surface area contributed by atoms with Crippen molar-refractivity contribution < 1.29 is 18.0 Å². The molecule has 10 heteroatoms. The molecule has 6 nitrogen and oxygen atoms in total. The zero-order chi connectivity index (χ0) is 23.8. The van der Waals surface area contributed by atoms with E-state index in [2.05, 4.69) is 10.4 Å². The summed E-state index contributed by atoms with van der Waals surface area (Å²) in [5, 5.41) is 7.72. The summed E-state index contributed by atoms with van der Waals surface area (Å²) in [4.78, 5) is 25.7. The van der Waals surface area contributed by atoms with E-state index in [9.17, 15) is 22.8 Å². The van der Waals surface area contributed by atoms with Gasteiger partial charge >= 0.3 is 6.18 Å². The van der Waals surface area contributed by atoms with Gasteiger partial charge in [0.2, 0.25) is 0 Å². The lowest BCUT2D eigenvalue weighted by molar-refractivity contribution is -0.137. The third-order valence-corrected chi connectivity index (χ3v) is 5.33. The molecule has 0 saturated heterocycles. The third-order valence-electron chi connectivity index (χ3n) is 5.00. The van der Waals surface area contributed by atoms with Crippen LogP contribution in [0.2, 0.25) is 5.02 Å². The average molecular weight is 473 g/mol. The Kier molecular flexibility index (Phi) is 5.92. The molecular weight excluding hydrogens is 457 g/mol. The topological polar surface area (TPSA) is 90.0 Å². The Labute approximate surface area is 190 Å². The SMILES string of the molecule is NCc1ccc(Cl)c(C(=O)Nc2ccc3cnn(-c4ccc(C(F)(F)F)cc4)c(=O)c3c2)c1. The number of rotatable bonds is 4. The number of nitrogens with one attached hydrogen (secondary N) is 1. The van der Waals surface area contributed by atoms with Crippen molar-refractivity contribution in [3.05, 3.63) is 98.9 Å². The van der Waals surface area contributed by atoms with Gasteiger partial charge in [0.05, 0.1) is 33.4 Å². The highest BCUT2D eigenvalue weighted by atomic mass is 35.5. The van der Waals surface area contributed by atoms with Crippen LogP contribution in [0.25, 0.3) is 16.5 Å². The summed E-state index contributed by atoms with van der Waals surface area (Å²) in [5.41, 5.74) is 5.71. The Morgan fingerprint density at radius 2 is 1.79 bits per heavy atom. The van der Waals surface area contributed by atoms with E-state index in [4.69, 9.17) is 17.3 Å². The summed E-state index contributed by atoms with van der Waals surface area (Å²) in [6, 6.07) is 13.6. The van der Waals surface area contributed by atoms with Gasteiger partial charge in [0.15, 0.2) is 0 Å². The predicted molar refractivity (Wildman–Crippen MR) is 120 cm³/mol. The minimum absolute atomic E-state index is 0.176. The van der Waals surface area contributed by atoms with E-state index in [0.29, 0.717) is 11.1 Å². The molecule has 3 N–H and O–H groups in total. The second kappa shape index (κ2) is 8.68. The first-order valence-electron chi connectivity index (χ1n) is 9.67. The Morgan fingerprint density at radius 1 is 1.06 bits per heavy atom. The molecule has 0 fully saturated rings. The highest BCUT2D eigenvalue weighted by molar-refractivity contribution is 6.34. The highest BCUT2D eigenvalue weighted by Gasteiger charge is 2.30. The summed E-state index contributed by atoms with van der Waals surface area (Å²) in [6.45, 7) is 0.240.